The number of thiophene rings is 1. The summed E-state index contributed by atoms with van der Waals surface area (Å²) in [4.78, 5) is 27.7. The Hall–Kier alpha value is -2.35. The van der Waals surface area contributed by atoms with Gasteiger partial charge in [-0.3, -0.25) is 4.79 Å². The zero-order valence-electron chi connectivity index (χ0n) is 16.5. The highest BCUT2D eigenvalue weighted by atomic mass is 35.5. The number of aryl methyl sites for hydroxylation is 2. The van der Waals surface area contributed by atoms with Gasteiger partial charge in [0.1, 0.15) is 5.52 Å². The average molecular weight is 507 g/mol. The highest BCUT2D eigenvalue weighted by Crippen LogP contribution is 2.29. The van der Waals surface area contributed by atoms with Crippen LogP contribution in [-0.2, 0) is 19.4 Å². The van der Waals surface area contributed by atoms with Crippen LogP contribution in [0.3, 0.4) is 0 Å². The molecule has 11 heteroatoms. The van der Waals surface area contributed by atoms with Crippen LogP contribution >= 0.6 is 43.3 Å². The third-order valence-electron chi connectivity index (χ3n) is 4.70. The van der Waals surface area contributed by atoms with E-state index in [0.29, 0.717) is 39.5 Å². The Morgan fingerprint density at radius 3 is 2.62 bits per heavy atom. The maximum Gasteiger partial charge on any atom is 0.274 e. The third-order valence-corrected chi connectivity index (χ3v) is 7.06. The predicted octanol–water partition coefficient (Wildman–Crippen LogP) is 4.03. The highest BCUT2D eigenvalue weighted by Gasteiger charge is 2.20. The molecule has 0 aliphatic heterocycles. The van der Waals surface area contributed by atoms with Gasteiger partial charge in [0.15, 0.2) is 11.4 Å². The summed E-state index contributed by atoms with van der Waals surface area (Å²) in [6, 6.07) is 10.6. The number of hydrogen-bond acceptors (Lipinski definition) is 7. The van der Waals surface area contributed by atoms with E-state index in [1.807, 2.05) is 12.1 Å². The molecule has 1 atom stereocenters. The SMILES string of the molecule is O=C(NCc1cc(Cl)cc(Cl)c1)c1nc(CCc2ccc(PO)s2)c2ccnnc2c1O. The molecule has 0 aliphatic carbocycles. The van der Waals surface area contributed by atoms with Crippen molar-refractivity contribution in [3.05, 3.63) is 74.5 Å². The van der Waals surface area contributed by atoms with E-state index in [2.05, 4.69) is 20.5 Å². The molecule has 0 saturated heterocycles. The van der Waals surface area contributed by atoms with E-state index >= 15 is 0 Å². The molecule has 0 spiro atoms. The summed E-state index contributed by atoms with van der Waals surface area (Å²) < 4.78 is 0.913. The van der Waals surface area contributed by atoms with Gasteiger partial charge in [0, 0.05) is 26.9 Å². The third kappa shape index (κ3) is 5.17. The number of carbonyl (C=O) groups is 1. The topological polar surface area (TPSA) is 108 Å². The van der Waals surface area contributed by atoms with E-state index in [1.165, 1.54) is 17.5 Å². The van der Waals surface area contributed by atoms with Crippen molar-refractivity contribution in [2.45, 2.75) is 19.4 Å². The molecule has 4 rings (SSSR count). The number of hydrogen-bond donors (Lipinski definition) is 3. The number of rotatable bonds is 7. The molecule has 3 heterocycles. The number of amides is 1. The average Bonchev–Trinajstić information content (AvgIpc) is 3.25. The van der Waals surface area contributed by atoms with Gasteiger partial charge in [-0.1, -0.05) is 23.2 Å². The smallest absolute Gasteiger partial charge is 0.274 e. The normalized spacial score (nSPS) is 11.5. The fourth-order valence-electron chi connectivity index (χ4n) is 3.24. The van der Waals surface area contributed by atoms with Crippen LogP contribution in [-0.4, -0.2) is 31.1 Å². The van der Waals surface area contributed by atoms with Crippen LogP contribution in [0.2, 0.25) is 10.0 Å². The molecule has 4 aromatic rings. The van der Waals surface area contributed by atoms with E-state index in [0.717, 1.165) is 9.50 Å². The van der Waals surface area contributed by atoms with Crippen LogP contribution in [0.5, 0.6) is 5.75 Å². The van der Waals surface area contributed by atoms with Crippen molar-refractivity contribution in [3.8, 4) is 5.75 Å². The number of nitrogens with one attached hydrogen (secondary N) is 1. The minimum atomic E-state index is -0.549. The number of aromatic nitrogens is 3. The first-order valence-electron chi connectivity index (χ1n) is 9.50. The van der Waals surface area contributed by atoms with Crippen LogP contribution < -0.4 is 9.94 Å². The fourth-order valence-corrected chi connectivity index (χ4v) is 5.31. The minimum Gasteiger partial charge on any atom is -0.504 e. The Morgan fingerprint density at radius 2 is 1.91 bits per heavy atom. The molecule has 164 valence electrons. The van der Waals surface area contributed by atoms with Gasteiger partial charge in [0.25, 0.3) is 5.91 Å². The van der Waals surface area contributed by atoms with Crippen molar-refractivity contribution < 1.29 is 14.8 Å². The summed E-state index contributed by atoms with van der Waals surface area (Å²) in [6.07, 6.45) is 2.72. The lowest BCUT2D eigenvalue weighted by molar-refractivity contribution is 0.0943. The molecular weight excluding hydrogens is 490 g/mol. The molecule has 0 aliphatic rings. The fraction of sp³-hybridized carbons (Fsp3) is 0.143. The van der Waals surface area contributed by atoms with Gasteiger partial charge in [-0.25, -0.2) is 4.98 Å². The molecule has 1 unspecified atom stereocenters. The molecule has 32 heavy (non-hydrogen) atoms. The van der Waals surface area contributed by atoms with Crippen molar-refractivity contribution >= 4 is 64.8 Å². The van der Waals surface area contributed by atoms with Crippen LogP contribution in [0.1, 0.15) is 26.6 Å². The van der Waals surface area contributed by atoms with Crippen LogP contribution in [0.15, 0.2) is 42.6 Å². The number of benzene rings is 1. The lowest BCUT2D eigenvalue weighted by atomic mass is 10.1. The second-order valence-electron chi connectivity index (χ2n) is 6.89. The van der Waals surface area contributed by atoms with Crippen molar-refractivity contribution in [1.82, 2.24) is 20.5 Å². The zero-order valence-corrected chi connectivity index (χ0v) is 19.8. The number of halogens is 2. The first kappa shape index (κ1) is 22.8. The van der Waals surface area contributed by atoms with Gasteiger partial charge in [-0.2, -0.15) is 5.10 Å². The van der Waals surface area contributed by atoms with E-state index in [9.17, 15) is 14.8 Å². The molecule has 1 amide bonds. The van der Waals surface area contributed by atoms with Gasteiger partial charge >= 0.3 is 0 Å². The van der Waals surface area contributed by atoms with Gasteiger partial charge in [0.2, 0.25) is 0 Å². The monoisotopic (exact) mass is 506 g/mol. The Balaban J connectivity index is 1.60. The maximum atomic E-state index is 12.8. The van der Waals surface area contributed by atoms with Crippen molar-refractivity contribution in [2.24, 2.45) is 0 Å². The Bertz CT molecular complexity index is 1280. The second-order valence-corrected chi connectivity index (χ2v) is 10.1. The van der Waals surface area contributed by atoms with E-state index in [-0.39, 0.29) is 32.3 Å². The molecule has 0 radical (unpaired) electrons. The van der Waals surface area contributed by atoms with Gasteiger partial charge in [0.05, 0.1) is 25.3 Å². The van der Waals surface area contributed by atoms with Gasteiger partial charge < -0.3 is 15.3 Å². The van der Waals surface area contributed by atoms with Crippen LogP contribution in [0.4, 0.5) is 0 Å². The van der Waals surface area contributed by atoms with Crippen molar-refractivity contribution in [3.63, 3.8) is 0 Å². The summed E-state index contributed by atoms with van der Waals surface area (Å²) in [5.41, 5.74) is 1.45. The predicted molar refractivity (Wildman–Crippen MR) is 129 cm³/mol. The molecule has 0 saturated carbocycles. The first-order valence-corrected chi connectivity index (χ1v) is 12.0. The molecule has 1 aromatic carbocycles. The molecule has 3 aromatic heterocycles. The molecule has 0 fully saturated rings. The molecule has 7 nitrogen and oxygen atoms in total. The standard InChI is InChI=1S/C21H17Cl2N4O3PS/c22-12-7-11(8-13(23)9-12)10-24-21(29)19-20(28)18-15(5-6-25-27-18)16(26-19)3-1-14-2-4-17(31-30)32-14/h2,4-9,28,30-31H,1,3,10H2,(H,24,29). The largest absolute Gasteiger partial charge is 0.504 e. The molecule has 0 bridgehead atoms. The van der Waals surface area contributed by atoms with Crippen molar-refractivity contribution in [2.75, 3.05) is 0 Å². The lowest BCUT2D eigenvalue weighted by Crippen LogP contribution is -2.24. The van der Waals surface area contributed by atoms with Gasteiger partial charge in [-0.15, -0.1) is 16.4 Å². The molecular formula is C21H17Cl2N4O3PS. The summed E-state index contributed by atoms with van der Waals surface area (Å²) in [5, 5.41) is 22.8. The summed E-state index contributed by atoms with van der Waals surface area (Å²) in [6.45, 7) is 0.161. The Morgan fingerprint density at radius 1 is 1.12 bits per heavy atom. The number of pyridine rings is 1. The lowest BCUT2D eigenvalue weighted by Gasteiger charge is -2.11. The number of nitrogens with zero attached hydrogens (tertiary/aromatic N) is 3. The quantitative estimate of drug-likeness (QED) is 0.326. The number of fused-ring (bicyclic) bond motifs is 1. The number of aromatic hydroxyl groups is 1. The first-order chi connectivity index (χ1) is 15.4. The van der Waals surface area contributed by atoms with Gasteiger partial charge in [-0.05, 0) is 54.8 Å². The Kier molecular flexibility index (Phi) is 7.18. The highest BCUT2D eigenvalue weighted by molar-refractivity contribution is 7.52. The summed E-state index contributed by atoms with van der Waals surface area (Å²) in [7, 11) is -0.233. The maximum absolute atomic E-state index is 12.8. The van der Waals surface area contributed by atoms with E-state index in [4.69, 9.17) is 23.2 Å². The summed E-state index contributed by atoms with van der Waals surface area (Å²) >= 11 is 13.6. The van der Waals surface area contributed by atoms with Crippen molar-refractivity contribution in [1.29, 1.82) is 0 Å². The second kappa shape index (κ2) is 10.1. The van der Waals surface area contributed by atoms with E-state index in [1.54, 1.807) is 24.3 Å². The number of carbonyl (C=O) groups excluding carboxylic acids is 1. The summed E-state index contributed by atoms with van der Waals surface area (Å²) in [5.74, 6) is -0.870. The minimum absolute atomic E-state index is 0.121. The van der Waals surface area contributed by atoms with Crippen LogP contribution in [0.25, 0.3) is 10.9 Å². The Labute approximate surface area is 199 Å². The zero-order chi connectivity index (χ0) is 22.7. The van der Waals surface area contributed by atoms with Crippen LogP contribution in [0, 0.1) is 0 Å². The molecule has 3 N–H and O–H groups in total. The van der Waals surface area contributed by atoms with E-state index < -0.39 is 5.91 Å².